The smallest absolute Gasteiger partial charge is 0.337 e. The molecule has 1 aliphatic rings. The fourth-order valence-corrected chi connectivity index (χ4v) is 4.31. The molecule has 29 heavy (non-hydrogen) atoms. The first-order valence-electron chi connectivity index (χ1n) is 9.90. The van der Waals surface area contributed by atoms with Crippen molar-refractivity contribution >= 4 is 17.2 Å². The van der Waals surface area contributed by atoms with Crippen molar-refractivity contribution < 1.29 is 18.3 Å². The fourth-order valence-electron chi connectivity index (χ4n) is 3.78. The zero-order valence-electron chi connectivity index (χ0n) is 16.7. The van der Waals surface area contributed by atoms with Crippen LogP contribution >= 0.6 is 0 Å². The third kappa shape index (κ3) is 5.96. The third-order valence-corrected chi connectivity index (χ3v) is 6.07. The van der Waals surface area contributed by atoms with Crippen LogP contribution < -0.4 is 0 Å². The summed E-state index contributed by atoms with van der Waals surface area (Å²) < 4.78 is 28.4. The van der Waals surface area contributed by atoms with Gasteiger partial charge in [-0.05, 0) is 49.2 Å². The third-order valence-electron chi connectivity index (χ3n) is 5.35. The van der Waals surface area contributed by atoms with Crippen LogP contribution in [0.5, 0.6) is 0 Å². The van der Waals surface area contributed by atoms with Crippen molar-refractivity contribution in [1.29, 1.82) is 0 Å². The lowest BCUT2D eigenvalue weighted by molar-refractivity contribution is 0.0600. The molecule has 7 heteroatoms. The Balaban J connectivity index is 1.77. The number of methoxy groups -OCH3 is 1. The van der Waals surface area contributed by atoms with Crippen molar-refractivity contribution in [1.82, 2.24) is 9.21 Å². The van der Waals surface area contributed by atoms with Gasteiger partial charge in [0.25, 0.3) is 0 Å². The van der Waals surface area contributed by atoms with Crippen molar-refractivity contribution in [2.45, 2.75) is 31.8 Å². The van der Waals surface area contributed by atoms with Gasteiger partial charge in [-0.1, -0.05) is 48.9 Å². The molecule has 1 fully saturated rings. The molecule has 2 aromatic rings. The molecule has 2 unspecified atom stereocenters. The number of carbonyl (C=O) groups excluding carboxylic acids is 1. The van der Waals surface area contributed by atoms with E-state index in [4.69, 9.17) is 4.74 Å². The van der Waals surface area contributed by atoms with Gasteiger partial charge in [0.15, 0.2) is 0 Å². The highest BCUT2D eigenvalue weighted by molar-refractivity contribution is 7.76. The number of hydrogen-bond donors (Lipinski definition) is 1. The quantitative estimate of drug-likeness (QED) is 0.526. The Morgan fingerprint density at radius 3 is 2.34 bits per heavy atom. The number of hydrogen-bond acceptors (Lipinski definition) is 4. The second-order valence-electron chi connectivity index (χ2n) is 7.26. The van der Waals surface area contributed by atoms with Crippen LogP contribution in [0.1, 0.15) is 46.8 Å². The lowest BCUT2D eigenvalue weighted by atomic mass is 10.0. The van der Waals surface area contributed by atoms with E-state index in [1.54, 1.807) is 28.6 Å². The topological polar surface area (TPSA) is 70.1 Å². The average molecular weight is 417 g/mol. The summed E-state index contributed by atoms with van der Waals surface area (Å²) in [6.45, 7) is 2.77. The number of piperidine rings is 1. The summed E-state index contributed by atoms with van der Waals surface area (Å²) in [5.41, 5.74) is 2.49. The molecule has 6 nitrogen and oxygen atoms in total. The van der Waals surface area contributed by atoms with Crippen molar-refractivity contribution in [3.05, 3.63) is 71.3 Å². The van der Waals surface area contributed by atoms with Crippen LogP contribution in [0.3, 0.4) is 0 Å². The minimum atomic E-state index is -2.10. The van der Waals surface area contributed by atoms with Gasteiger partial charge in [0, 0.05) is 19.1 Å². The van der Waals surface area contributed by atoms with Crippen LogP contribution in [0, 0.1) is 0 Å². The van der Waals surface area contributed by atoms with Gasteiger partial charge >= 0.3 is 5.97 Å². The monoisotopic (exact) mass is 416 g/mol. The number of carbonyl (C=O) groups is 1. The molecule has 1 N–H and O–H groups in total. The summed E-state index contributed by atoms with van der Waals surface area (Å²) >= 11 is -2.10. The first-order valence-corrected chi connectivity index (χ1v) is 11.0. The van der Waals surface area contributed by atoms with Crippen molar-refractivity contribution in [2.24, 2.45) is 0 Å². The van der Waals surface area contributed by atoms with Gasteiger partial charge in [-0.15, -0.1) is 0 Å². The van der Waals surface area contributed by atoms with Gasteiger partial charge in [0.1, 0.15) is 0 Å². The number of benzene rings is 2. The Morgan fingerprint density at radius 1 is 1.10 bits per heavy atom. The summed E-state index contributed by atoms with van der Waals surface area (Å²) in [4.78, 5) is 14.0. The van der Waals surface area contributed by atoms with Gasteiger partial charge in [-0.3, -0.25) is 9.45 Å². The molecule has 0 spiro atoms. The first-order chi connectivity index (χ1) is 14.1. The molecule has 2 atom stereocenters. The number of likely N-dealkylation sites (tertiary alicyclic amines) is 1. The minimum Gasteiger partial charge on any atom is -0.465 e. The largest absolute Gasteiger partial charge is 0.465 e. The maximum absolute atomic E-state index is 12.1. The molecule has 0 amide bonds. The van der Waals surface area contributed by atoms with Crippen LogP contribution in [0.4, 0.5) is 0 Å². The van der Waals surface area contributed by atoms with Crippen molar-refractivity contribution in [3.8, 4) is 0 Å². The predicted molar refractivity (Wildman–Crippen MR) is 114 cm³/mol. The Bertz CT molecular complexity index is 807. The lowest BCUT2D eigenvalue weighted by Crippen LogP contribution is -2.41. The number of ether oxygens (including phenoxy) is 1. The Hall–Kier alpha value is -2.06. The highest BCUT2D eigenvalue weighted by atomic mass is 32.2. The van der Waals surface area contributed by atoms with Gasteiger partial charge in [-0.25, -0.2) is 9.00 Å². The fraction of sp³-hybridized carbons (Fsp3) is 0.409. The molecular weight excluding hydrogens is 388 g/mol. The van der Waals surface area contributed by atoms with Gasteiger partial charge in [-0.2, -0.15) is 4.31 Å². The van der Waals surface area contributed by atoms with Crippen molar-refractivity contribution in [3.63, 3.8) is 0 Å². The molecule has 1 saturated heterocycles. The molecule has 0 aliphatic carbocycles. The maximum atomic E-state index is 12.1. The lowest BCUT2D eigenvalue weighted by Gasteiger charge is -2.37. The van der Waals surface area contributed by atoms with Gasteiger partial charge in [0.05, 0.1) is 12.7 Å². The van der Waals surface area contributed by atoms with E-state index in [1.165, 1.54) is 13.5 Å². The molecule has 3 rings (SSSR count). The van der Waals surface area contributed by atoms with E-state index >= 15 is 0 Å². The standard InChI is InChI=1S/C22H28N2O4S/c1-28-22(25)20-12-10-18(11-13-20)16-24(29(26)27)17-21(19-8-4-2-5-9-19)23-14-6-3-7-15-23/h2,4-5,8-13,21H,3,6-7,14-17H2,1H3,(H,26,27). The second-order valence-corrected chi connectivity index (χ2v) is 8.24. The van der Waals surface area contributed by atoms with Crippen LogP contribution in [0.15, 0.2) is 54.6 Å². The molecule has 1 aliphatic heterocycles. The highest BCUT2D eigenvalue weighted by Crippen LogP contribution is 2.26. The predicted octanol–water partition coefficient (Wildman–Crippen LogP) is 3.64. The van der Waals surface area contributed by atoms with Crippen LogP contribution in [0.25, 0.3) is 0 Å². The molecule has 0 bridgehead atoms. The zero-order valence-corrected chi connectivity index (χ0v) is 17.5. The summed E-state index contributed by atoms with van der Waals surface area (Å²) in [6.07, 6.45) is 3.54. The van der Waals surface area contributed by atoms with E-state index in [-0.39, 0.29) is 6.04 Å². The van der Waals surface area contributed by atoms with E-state index in [9.17, 15) is 13.6 Å². The summed E-state index contributed by atoms with van der Waals surface area (Å²) in [6, 6.07) is 17.2. The number of rotatable bonds is 8. The van der Waals surface area contributed by atoms with Crippen LogP contribution in [-0.2, 0) is 22.5 Å². The molecular formula is C22H28N2O4S. The van der Waals surface area contributed by atoms with E-state index in [1.807, 2.05) is 18.2 Å². The Labute approximate surface area is 174 Å². The molecule has 1 heterocycles. The maximum Gasteiger partial charge on any atom is 0.337 e. The minimum absolute atomic E-state index is 0.0574. The average Bonchev–Trinajstić information content (AvgIpc) is 2.77. The van der Waals surface area contributed by atoms with Crippen molar-refractivity contribution in [2.75, 3.05) is 26.7 Å². The Morgan fingerprint density at radius 2 is 1.76 bits per heavy atom. The Kier molecular flexibility index (Phi) is 7.94. The SMILES string of the molecule is COC(=O)c1ccc(CN(CC(c2ccccc2)N2CCCCC2)S(=O)O)cc1. The van der Waals surface area contributed by atoms with E-state index in [0.717, 1.165) is 37.1 Å². The van der Waals surface area contributed by atoms with Gasteiger partial charge in [0.2, 0.25) is 11.3 Å². The summed E-state index contributed by atoms with van der Waals surface area (Å²) in [5, 5.41) is 0. The van der Waals surface area contributed by atoms with Crippen LogP contribution in [0.2, 0.25) is 0 Å². The van der Waals surface area contributed by atoms with E-state index in [2.05, 4.69) is 17.0 Å². The first kappa shape index (κ1) is 21.6. The summed E-state index contributed by atoms with van der Waals surface area (Å²) in [5.74, 6) is -0.395. The van der Waals surface area contributed by atoms with Crippen LogP contribution in [-0.4, -0.2) is 50.7 Å². The molecule has 156 valence electrons. The number of nitrogens with zero attached hydrogens (tertiary/aromatic N) is 2. The summed E-state index contributed by atoms with van der Waals surface area (Å²) in [7, 11) is 1.34. The van der Waals surface area contributed by atoms with Gasteiger partial charge < -0.3 is 4.74 Å². The number of esters is 1. The molecule has 0 aromatic heterocycles. The molecule has 0 radical (unpaired) electrons. The zero-order chi connectivity index (χ0) is 20.6. The molecule has 0 saturated carbocycles. The molecule has 2 aromatic carbocycles. The highest BCUT2D eigenvalue weighted by Gasteiger charge is 2.26. The second kappa shape index (κ2) is 10.6. The normalized spacial score (nSPS) is 17.1. The van der Waals surface area contributed by atoms with E-state index < -0.39 is 17.2 Å². The van der Waals surface area contributed by atoms with E-state index in [0.29, 0.717) is 18.7 Å².